The van der Waals surface area contributed by atoms with E-state index in [1.807, 2.05) is 5.32 Å². The van der Waals surface area contributed by atoms with Crippen LogP contribution in [0.1, 0.15) is 34.8 Å². The third-order valence-corrected chi connectivity index (χ3v) is 8.13. The number of hydrogen-bond donors (Lipinski definition) is 4. The van der Waals surface area contributed by atoms with Crippen LogP contribution in [0.15, 0.2) is 60.7 Å². The number of alkyl halides is 6. The molecular formula is C34H36ClF7N5O12PS2. The minimum Gasteiger partial charge on any atom is -0.778 e. The Balaban J connectivity index is 0.000000478. The summed E-state index contributed by atoms with van der Waals surface area (Å²) in [6.45, 7) is 2.50. The second-order valence-corrected chi connectivity index (χ2v) is 17.7. The largest absolute Gasteiger partial charge is 0.778 e. The van der Waals surface area contributed by atoms with Crippen molar-refractivity contribution in [2.24, 2.45) is 0 Å². The van der Waals surface area contributed by atoms with Crippen LogP contribution in [0.4, 0.5) is 42.1 Å². The van der Waals surface area contributed by atoms with Crippen LogP contribution in [0.3, 0.4) is 0 Å². The average molecular weight is 970 g/mol. The lowest BCUT2D eigenvalue weighted by molar-refractivity contribution is -0.385. The first kappa shape index (κ1) is 54.9. The molecule has 0 saturated carbocycles. The number of nitrogens with zero attached hydrogens (tertiary/aromatic N) is 4. The highest BCUT2D eigenvalue weighted by Crippen LogP contribution is 2.37. The van der Waals surface area contributed by atoms with Gasteiger partial charge in [0.25, 0.3) is 16.8 Å². The zero-order valence-electron chi connectivity index (χ0n) is 32.6. The molecule has 0 spiro atoms. The number of nitro benzene ring substituents is 1. The van der Waals surface area contributed by atoms with E-state index in [0.717, 1.165) is 30.3 Å². The van der Waals surface area contributed by atoms with Gasteiger partial charge in [-0.2, -0.15) is 26.3 Å². The number of ether oxygens (including phenoxy) is 2. The van der Waals surface area contributed by atoms with Crippen LogP contribution in [0.2, 0.25) is 5.02 Å². The van der Waals surface area contributed by atoms with Crippen LogP contribution < -0.4 is 24.6 Å². The van der Waals surface area contributed by atoms with Crippen LogP contribution in [-0.2, 0) is 37.4 Å². The molecule has 342 valence electrons. The number of anilines is 1. The van der Waals surface area contributed by atoms with E-state index < -0.39 is 89.8 Å². The standard InChI is InChI=1S/C14H7ClF3NO5.C14H13F4N3O2S.C3H8NO5P.C3H9S/c15-10-5-7(14(16,17)18)1-4-12(10)24-8-2-3-11(19(22)23)9(6-8)13(20)21;1-8(2)21(10-5-3-9(15)4-6-10)11(22)7-23-13-20-19-12(24-13)14(16,17)18;5-3(6)1-4-2-10(7,8)9;1-4(2)3/h1-6H,(H,20,21);3-6,8H,7H2,1-2H3;4H,1-2H2,(H,5,6)(H2,7,8,9);1-3H3/q;;;+1/p-1. The normalized spacial score (nSPS) is 12.0. The summed E-state index contributed by atoms with van der Waals surface area (Å²) in [5, 5.41) is 34.1. The molecule has 0 radical (unpaired) electrons. The highest BCUT2D eigenvalue weighted by atomic mass is 35.5. The molecule has 1 unspecified atom stereocenters. The van der Waals surface area contributed by atoms with E-state index in [1.165, 1.54) is 29.2 Å². The molecule has 4 N–H and O–H groups in total. The molecule has 3 aromatic carbocycles. The lowest BCUT2D eigenvalue weighted by Crippen LogP contribution is -2.40. The molecular weight excluding hydrogens is 934 g/mol. The summed E-state index contributed by atoms with van der Waals surface area (Å²) in [7, 11) is -3.71. The maximum absolute atomic E-state index is 13.0. The molecule has 0 saturated heterocycles. The maximum Gasteiger partial charge on any atom is 0.445 e. The van der Waals surface area contributed by atoms with Crippen LogP contribution >= 0.6 is 30.5 Å². The Morgan fingerprint density at radius 1 is 0.984 bits per heavy atom. The second kappa shape index (κ2) is 24.5. The number of aromatic carboxylic acids is 1. The third kappa shape index (κ3) is 20.6. The number of rotatable bonds is 13. The zero-order valence-corrected chi connectivity index (χ0v) is 35.8. The SMILES string of the molecule is CC(C)N(C(=O)COc1nnc(C(F)(F)F)s1)c1ccc(F)cc1.C[S+](C)C.O=C(O)CNCP(=O)([O-])O.O=C(O)c1cc(Oc2ccc(C(F)(F)F)cc2Cl)ccc1[N+](=O)[O-]. The minimum atomic E-state index is -4.61. The summed E-state index contributed by atoms with van der Waals surface area (Å²) in [5.74, 6) is -3.95. The zero-order chi connectivity index (χ0) is 47.7. The molecule has 1 aromatic heterocycles. The Morgan fingerprint density at radius 3 is 2.00 bits per heavy atom. The molecule has 0 aliphatic rings. The summed E-state index contributed by atoms with van der Waals surface area (Å²) < 4.78 is 108. The lowest BCUT2D eigenvalue weighted by Gasteiger charge is -2.26. The summed E-state index contributed by atoms with van der Waals surface area (Å²) >= 11 is 5.93. The number of amides is 1. The van der Waals surface area contributed by atoms with Gasteiger partial charge in [-0.3, -0.25) is 25.0 Å². The van der Waals surface area contributed by atoms with Crippen molar-refractivity contribution in [2.75, 3.05) is 43.1 Å². The van der Waals surface area contributed by atoms with Gasteiger partial charge in [0.15, 0.2) is 6.61 Å². The molecule has 1 heterocycles. The number of halogens is 8. The van der Waals surface area contributed by atoms with E-state index in [0.29, 0.717) is 22.6 Å². The highest BCUT2D eigenvalue weighted by Gasteiger charge is 2.36. The van der Waals surface area contributed by atoms with Crippen molar-refractivity contribution in [3.63, 3.8) is 0 Å². The Morgan fingerprint density at radius 2 is 1.56 bits per heavy atom. The first-order chi connectivity index (χ1) is 28.4. The van der Waals surface area contributed by atoms with Gasteiger partial charge >= 0.3 is 24.3 Å². The van der Waals surface area contributed by atoms with Crippen molar-refractivity contribution < 1.29 is 84.1 Å². The molecule has 62 heavy (non-hydrogen) atoms. The fraction of sp³-hybridized carbons (Fsp3) is 0.324. The molecule has 0 fully saturated rings. The molecule has 4 aromatic rings. The molecule has 4 rings (SSSR count). The van der Waals surface area contributed by atoms with Gasteiger partial charge in [0.2, 0.25) is 5.01 Å². The number of carbonyl (C=O) groups excluding carboxylic acids is 1. The number of nitro groups is 1. The van der Waals surface area contributed by atoms with E-state index in [1.54, 1.807) is 13.8 Å². The quantitative estimate of drug-likeness (QED) is 0.0348. The number of aromatic nitrogens is 2. The Kier molecular flexibility index (Phi) is 21.7. The minimum absolute atomic E-state index is 0.125. The average Bonchev–Trinajstić information content (AvgIpc) is 3.62. The van der Waals surface area contributed by atoms with Crippen molar-refractivity contribution in [2.45, 2.75) is 32.2 Å². The number of nitrogens with one attached hydrogen (secondary N) is 1. The van der Waals surface area contributed by atoms with Gasteiger partial charge in [-0.05, 0) is 73.3 Å². The van der Waals surface area contributed by atoms with Crippen molar-refractivity contribution in [1.82, 2.24) is 15.5 Å². The van der Waals surface area contributed by atoms with E-state index in [2.05, 4.69) is 29.0 Å². The predicted molar refractivity (Wildman–Crippen MR) is 211 cm³/mol. The number of carboxylic acids is 2. The van der Waals surface area contributed by atoms with E-state index in [9.17, 15) is 64.7 Å². The first-order valence-electron chi connectivity index (χ1n) is 16.5. The Labute approximate surface area is 359 Å². The molecule has 0 bridgehead atoms. The van der Waals surface area contributed by atoms with Gasteiger partial charge in [-0.25, -0.2) is 9.18 Å². The number of aliphatic carboxylic acids is 1. The predicted octanol–water partition coefficient (Wildman–Crippen LogP) is 6.93. The number of hydrogen-bond acceptors (Lipinski definition) is 13. The fourth-order valence-electron chi connectivity index (χ4n) is 4.01. The summed E-state index contributed by atoms with van der Waals surface area (Å²) in [6.07, 6.45) is -3.31. The summed E-state index contributed by atoms with van der Waals surface area (Å²) in [5.41, 5.74) is -1.79. The molecule has 28 heteroatoms. The van der Waals surface area contributed by atoms with Gasteiger partial charge in [-0.1, -0.05) is 28.0 Å². The molecule has 1 amide bonds. The van der Waals surface area contributed by atoms with Crippen molar-refractivity contribution in [3.05, 3.63) is 97.8 Å². The van der Waals surface area contributed by atoms with Crippen LogP contribution in [0.5, 0.6) is 16.7 Å². The van der Waals surface area contributed by atoms with E-state index >= 15 is 0 Å². The van der Waals surface area contributed by atoms with Gasteiger partial charge in [0.1, 0.15) is 30.5 Å². The summed E-state index contributed by atoms with van der Waals surface area (Å²) in [6, 6.07) is 10.3. The second-order valence-electron chi connectivity index (χ2n) is 12.3. The van der Waals surface area contributed by atoms with Crippen LogP contribution in [-0.4, -0.2) is 92.3 Å². The topological polar surface area (TPSA) is 255 Å². The van der Waals surface area contributed by atoms with Crippen LogP contribution in [0.25, 0.3) is 0 Å². The van der Waals surface area contributed by atoms with E-state index in [4.69, 9.17) is 36.2 Å². The number of carboxylic acid groups (broad SMARTS) is 2. The number of benzene rings is 3. The molecule has 0 aliphatic carbocycles. The Hall–Kier alpha value is -5.11. The summed E-state index contributed by atoms with van der Waals surface area (Å²) in [4.78, 5) is 62.3. The molecule has 17 nitrogen and oxygen atoms in total. The molecule has 1 atom stereocenters. The third-order valence-electron chi connectivity index (χ3n) is 6.33. The highest BCUT2D eigenvalue weighted by molar-refractivity contribution is 7.94. The molecule has 0 aliphatic heterocycles. The van der Waals surface area contributed by atoms with Crippen molar-refractivity contribution in [1.29, 1.82) is 0 Å². The lowest BCUT2D eigenvalue weighted by atomic mass is 10.1. The van der Waals surface area contributed by atoms with Crippen molar-refractivity contribution in [3.8, 4) is 16.7 Å². The van der Waals surface area contributed by atoms with Crippen LogP contribution in [0, 0.1) is 15.9 Å². The monoisotopic (exact) mass is 969 g/mol. The van der Waals surface area contributed by atoms with Gasteiger partial charge in [-0.15, -0.1) is 5.10 Å². The van der Waals surface area contributed by atoms with Crippen molar-refractivity contribution >= 4 is 70.6 Å². The fourth-order valence-corrected chi connectivity index (χ4v) is 5.18. The van der Waals surface area contributed by atoms with Gasteiger partial charge < -0.3 is 38.9 Å². The Bertz CT molecular complexity index is 2180. The van der Waals surface area contributed by atoms with E-state index in [-0.39, 0.29) is 39.1 Å². The smallest absolute Gasteiger partial charge is 0.445 e. The number of carbonyl (C=O) groups is 3. The maximum atomic E-state index is 13.0. The van der Waals surface area contributed by atoms with Gasteiger partial charge in [0.05, 0.1) is 47.1 Å². The first-order valence-corrected chi connectivity index (χ1v) is 22.0. The van der Waals surface area contributed by atoms with Gasteiger partial charge in [0, 0.05) is 23.9 Å².